The van der Waals surface area contributed by atoms with Crippen molar-refractivity contribution in [1.82, 2.24) is 4.98 Å². The predicted molar refractivity (Wildman–Crippen MR) is 87.1 cm³/mol. The third-order valence-corrected chi connectivity index (χ3v) is 4.64. The quantitative estimate of drug-likeness (QED) is 0.562. The van der Waals surface area contributed by atoms with Crippen LogP contribution in [0.25, 0.3) is 0 Å². The van der Waals surface area contributed by atoms with Crippen LogP contribution in [0.15, 0.2) is 12.1 Å². The minimum atomic E-state index is -0.486. The molecule has 0 bridgehead atoms. The Morgan fingerprint density at radius 3 is 2.87 bits per heavy atom. The molecule has 3 atom stereocenters. The number of nitrogens with two attached hydrogens (primary N) is 2. The van der Waals surface area contributed by atoms with E-state index in [1.165, 1.54) is 0 Å². The Labute approximate surface area is 134 Å². The molecule has 2 aliphatic heterocycles. The lowest BCUT2D eigenvalue weighted by Crippen LogP contribution is -2.41. The summed E-state index contributed by atoms with van der Waals surface area (Å²) in [5.74, 6) is 0.806. The third kappa shape index (κ3) is 2.91. The molecule has 2 fully saturated rings. The van der Waals surface area contributed by atoms with Crippen LogP contribution in [0.5, 0.6) is 0 Å². The second kappa shape index (κ2) is 6.21. The zero-order valence-electron chi connectivity index (χ0n) is 12.9. The lowest BCUT2D eigenvalue weighted by molar-refractivity contribution is -0.119. The van der Waals surface area contributed by atoms with E-state index in [2.05, 4.69) is 4.98 Å². The first-order valence-electron chi connectivity index (χ1n) is 7.89. The van der Waals surface area contributed by atoms with E-state index in [9.17, 15) is 15.0 Å². The largest absolute Gasteiger partial charge is 0.396 e. The van der Waals surface area contributed by atoms with E-state index in [1.807, 2.05) is 9.80 Å². The fraction of sp³-hybridized carbons (Fsp3) is 0.600. The number of carbonyl (C=O) groups excluding carboxylic acids is 1. The van der Waals surface area contributed by atoms with Gasteiger partial charge in [-0.2, -0.15) is 0 Å². The van der Waals surface area contributed by atoms with Crippen molar-refractivity contribution in [2.75, 3.05) is 35.2 Å². The first-order chi connectivity index (χ1) is 11.0. The van der Waals surface area contributed by atoms with Gasteiger partial charge in [-0.1, -0.05) is 0 Å². The normalized spacial score (nSPS) is 27.7. The van der Waals surface area contributed by atoms with E-state index in [4.69, 9.17) is 11.5 Å². The van der Waals surface area contributed by atoms with Crippen LogP contribution in [0.2, 0.25) is 0 Å². The highest BCUT2D eigenvalue weighted by Gasteiger charge is 2.34. The summed E-state index contributed by atoms with van der Waals surface area (Å²) in [5, 5.41) is 19.3. The molecular weight excluding hydrogens is 298 g/mol. The van der Waals surface area contributed by atoms with Crippen LogP contribution < -0.4 is 21.3 Å². The van der Waals surface area contributed by atoms with Crippen LogP contribution in [0, 0.1) is 0 Å². The number of anilines is 3. The van der Waals surface area contributed by atoms with Gasteiger partial charge < -0.3 is 31.5 Å². The average molecular weight is 321 g/mol. The summed E-state index contributed by atoms with van der Waals surface area (Å²) in [4.78, 5) is 19.9. The number of primary amides is 1. The van der Waals surface area contributed by atoms with Crippen LogP contribution in [0.4, 0.5) is 17.3 Å². The molecule has 2 aliphatic rings. The summed E-state index contributed by atoms with van der Waals surface area (Å²) in [7, 11) is 0. The standard InChI is InChI=1S/C15H23N5O3/c16-11-3-4-13(20-7-10(22)6-9(20)8-21)18-15(11)19-5-1-2-12(19)14(17)23/h3-4,9-10,12,21-22H,1-2,5-8,16H2,(H2,17,23). The predicted octanol–water partition coefficient (Wildman–Crippen LogP) is -0.950. The topological polar surface area (TPSA) is 129 Å². The first kappa shape index (κ1) is 15.8. The number of aromatic nitrogens is 1. The van der Waals surface area contributed by atoms with Crippen LogP contribution in [-0.4, -0.2) is 59.0 Å². The lowest BCUT2D eigenvalue weighted by atomic mass is 10.2. The molecule has 1 aromatic rings. The maximum absolute atomic E-state index is 11.6. The fourth-order valence-corrected chi connectivity index (χ4v) is 3.50. The zero-order valence-corrected chi connectivity index (χ0v) is 12.9. The summed E-state index contributed by atoms with van der Waals surface area (Å²) in [6.07, 6.45) is 1.58. The molecule has 8 heteroatoms. The van der Waals surface area contributed by atoms with Crippen molar-refractivity contribution in [2.45, 2.75) is 37.5 Å². The summed E-state index contributed by atoms with van der Waals surface area (Å²) >= 11 is 0. The highest BCUT2D eigenvalue weighted by molar-refractivity contribution is 5.85. The van der Waals surface area contributed by atoms with Crippen molar-refractivity contribution in [2.24, 2.45) is 5.73 Å². The number of hydrogen-bond acceptors (Lipinski definition) is 7. The molecule has 1 aromatic heterocycles. The number of nitrogen functional groups attached to an aromatic ring is 1. The van der Waals surface area contributed by atoms with Crippen molar-refractivity contribution in [3.63, 3.8) is 0 Å². The molecule has 8 nitrogen and oxygen atoms in total. The molecule has 3 rings (SSSR count). The third-order valence-electron chi connectivity index (χ3n) is 4.64. The number of aliphatic hydroxyl groups excluding tert-OH is 2. The van der Waals surface area contributed by atoms with E-state index in [-0.39, 0.29) is 18.6 Å². The number of carbonyl (C=O) groups is 1. The molecule has 3 unspecified atom stereocenters. The molecule has 0 aromatic carbocycles. The Morgan fingerprint density at radius 2 is 2.17 bits per heavy atom. The Kier molecular flexibility index (Phi) is 4.27. The molecule has 2 saturated heterocycles. The maximum Gasteiger partial charge on any atom is 0.240 e. The van der Waals surface area contributed by atoms with Crippen molar-refractivity contribution in [3.8, 4) is 0 Å². The van der Waals surface area contributed by atoms with Crippen molar-refractivity contribution in [3.05, 3.63) is 12.1 Å². The molecule has 3 heterocycles. The average Bonchev–Trinajstić information content (AvgIpc) is 3.14. The summed E-state index contributed by atoms with van der Waals surface area (Å²) < 4.78 is 0. The molecule has 1 amide bonds. The van der Waals surface area contributed by atoms with Crippen LogP contribution in [-0.2, 0) is 4.79 Å². The van der Waals surface area contributed by atoms with Crippen LogP contribution in [0.3, 0.4) is 0 Å². The van der Waals surface area contributed by atoms with E-state index >= 15 is 0 Å². The maximum atomic E-state index is 11.6. The number of rotatable bonds is 4. The number of nitrogens with zero attached hydrogens (tertiary/aromatic N) is 3. The van der Waals surface area contributed by atoms with Gasteiger partial charge in [0.25, 0.3) is 0 Å². The van der Waals surface area contributed by atoms with Gasteiger partial charge in [-0.05, 0) is 31.4 Å². The monoisotopic (exact) mass is 321 g/mol. The zero-order chi connectivity index (χ0) is 16.6. The van der Waals surface area contributed by atoms with E-state index < -0.39 is 12.1 Å². The Bertz CT molecular complexity index is 596. The molecule has 6 N–H and O–H groups in total. The number of pyridine rings is 1. The van der Waals surface area contributed by atoms with Crippen molar-refractivity contribution < 1.29 is 15.0 Å². The van der Waals surface area contributed by atoms with E-state index in [0.29, 0.717) is 43.3 Å². The minimum absolute atomic E-state index is 0.0495. The molecule has 0 spiro atoms. The number of aliphatic hydroxyl groups is 2. The molecule has 0 saturated carbocycles. The van der Waals surface area contributed by atoms with Crippen molar-refractivity contribution >= 4 is 23.2 Å². The van der Waals surface area contributed by atoms with Gasteiger partial charge in [0, 0.05) is 13.1 Å². The molecule has 0 radical (unpaired) electrons. The number of hydrogen-bond donors (Lipinski definition) is 4. The highest BCUT2D eigenvalue weighted by atomic mass is 16.3. The summed E-state index contributed by atoms with van der Waals surface area (Å²) in [6, 6.07) is 2.96. The molecular formula is C15H23N5O3. The summed E-state index contributed by atoms with van der Waals surface area (Å²) in [6.45, 7) is 1.05. The Hall–Kier alpha value is -2.06. The highest BCUT2D eigenvalue weighted by Crippen LogP contribution is 2.32. The fourth-order valence-electron chi connectivity index (χ4n) is 3.50. The van der Waals surface area contributed by atoms with Gasteiger partial charge >= 0.3 is 0 Å². The van der Waals surface area contributed by atoms with Gasteiger partial charge in [-0.25, -0.2) is 4.98 Å². The van der Waals surface area contributed by atoms with E-state index in [0.717, 1.165) is 6.42 Å². The van der Waals surface area contributed by atoms with Gasteiger partial charge in [0.1, 0.15) is 11.9 Å². The summed E-state index contributed by atoms with van der Waals surface area (Å²) in [5.41, 5.74) is 12.0. The van der Waals surface area contributed by atoms with E-state index in [1.54, 1.807) is 12.1 Å². The van der Waals surface area contributed by atoms with Crippen molar-refractivity contribution in [1.29, 1.82) is 0 Å². The first-order valence-corrected chi connectivity index (χ1v) is 7.89. The molecule has 126 valence electrons. The second-order valence-electron chi connectivity index (χ2n) is 6.21. The minimum Gasteiger partial charge on any atom is -0.396 e. The Morgan fingerprint density at radius 1 is 1.39 bits per heavy atom. The van der Waals surface area contributed by atoms with Gasteiger partial charge in [0.15, 0.2) is 5.82 Å². The second-order valence-corrected chi connectivity index (χ2v) is 6.21. The SMILES string of the molecule is NC(=O)C1CCCN1c1nc(N2CC(O)CC2CO)ccc1N. The number of β-amino-alcohol motifs (C(OH)–C–C–N with tert-alkyl or cyclic N) is 1. The molecule has 0 aliphatic carbocycles. The number of amides is 1. The van der Waals surface area contributed by atoms with Crippen LogP contribution >= 0.6 is 0 Å². The lowest BCUT2D eigenvalue weighted by Gasteiger charge is -2.28. The van der Waals surface area contributed by atoms with Gasteiger partial charge in [0.2, 0.25) is 5.91 Å². The smallest absolute Gasteiger partial charge is 0.240 e. The van der Waals surface area contributed by atoms with Gasteiger partial charge in [-0.3, -0.25) is 4.79 Å². The Balaban J connectivity index is 1.92. The molecule has 23 heavy (non-hydrogen) atoms. The van der Waals surface area contributed by atoms with Gasteiger partial charge in [-0.15, -0.1) is 0 Å². The van der Waals surface area contributed by atoms with Gasteiger partial charge in [0.05, 0.1) is 24.4 Å². The van der Waals surface area contributed by atoms with Crippen LogP contribution in [0.1, 0.15) is 19.3 Å².